The van der Waals surface area contributed by atoms with Crippen molar-refractivity contribution in [1.82, 2.24) is 0 Å². The van der Waals surface area contributed by atoms with Crippen LogP contribution in [0, 0.1) is 6.92 Å². The van der Waals surface area contributed by atoms with Crippen molar-refractivity contribution >= 4 is 16.6 Å². The predicted molar refractivity (Wildman–Crippen MR) is 71.9 cm³/mol. The standard InChI is InChI=1S/C13H18O4S/c1-8(2)17-10-5-9(3)13(11(14)6-10)12(15)7-18(4)16/h5-6,8,14H,7H2,1-4H3. The smallest absolute Gasteiger partial charge is 0.179 e. The molecule has 0 aliphatic rings. The number of hydrogen-bond donors (Lipinski definition) is 1. The Labute approximate surface area is 109 Å². The molecule has 0 fully saturated rings. The molecule has 1 unspecified atom stereocenters. The normalized spacial score (nSPS) is 12.5. The van der Waals surface area contributed by atoms with Crippen molar-refractivity contribution in [1.29, 1.82) is 0 Å². The molecule has 0 heterocycles. The minimum atomic E-state index is -1.22. The molecule has 5 heteroatoms. The Hall–Kier alpha value is -1.36. The van der Waals surface area contributed by atoms with Crippen molar-refractivity contribution in [3.63, 3.8) is 0 Å². The molecule has 0 amide bonds. The fourth-order valence-electron chi connectivity index (χ4n) is 1.70. The Balaban J connectivity index is 3.08. The molecular formula is C13H18O4S. The van der Waals surface area contributed by atoms with E-state index < -0.39 is 10.8 Å². The monoisotopic (exact) mass is 270 g/mol. The fraction of sp³-hybridized carbons (Fsp3) is 0.462. The number of carbonyl (C=O) groups excluding carboxylic acids is 1. The van der Waals surface area contributed by atoms with Crippen LogP contribution in [0.15, 0.2) is 12.1 Å². The molecule has 1 rings (SSSR count). The molecule has 1 N–H and O–H groups in total. The summed E-state index contributed by atoms with van der Waals surface area (Å²) in [5.74, 6) is -0.00380. The van der Waals surface area contributed by atoms with Gasteiger partial charge in [0.15, 0.2) is 5.78 Å². The van der Waals surface area contributed by atoms with E-state index in [2.05, 4.69) is 0 Å². The van der Waals surface area contributed by atoms with Crippen LogP contribution in [0.4, 0.5) is 0 Å². The van der Waals surface area contributed by atoms with Crippen molar-refractivity contribution in [3.05, 3.63) is 23.3 Å². The summed E-state index contributed by atoms with van der Waals surface area (Å²) in [5.41, 5.74) is 0.849. The van der Waals surface area contributed by atoms with E-state index in [1.165, 1.54) is 12.3 Å². The minimum Gasteiger partial charge on any atom is -0.507 e. The van der Waals surface area contributed by atoms with E-state index in [1.54, 1.807) is 13.0 Å². The lowest BCUT2D eigenvalue weighted by atomic mass is 10.0. The molecule has 0 bridgehead atoms. The van der Waals surface area contributed by atoms with Crippen LogP contribution in [0.3, 0.4) is 0 Å². The topological polar surface area (TPSA) is 63.6 Å². The summed E-state index contributed by atoms with van der Waals surface area (Å²) in [4.78, 5) is 11.8. The maximum absolute atomic E-state index is 11.8. The van der Waals surface area contributed by atoms with Crippen molar-refractivity contribution in [2.24, 2.45) is 0 Å². The summed E-state index contributed by atoms with van der Waals surface area (Å²) >= 11 is 0. The first-order chi connectivity index (χ1) is 8.31. The van der Waals surface area contributed by atoms with Gasteiger partial charge < -0.3 is 9.84 Å². The average Bonchev–Trinajstić information content (AvgIpc) is 2.12. The Morgan fingerprint density at radius 1 is 1.44 bits per heavy atom. The second kappa shape index (κ2) is 6.00. The lowest BCUT2D eigenvalue weighted by Gasteiger charge is -2.13. The summed E-state index contributed by atoms with van der Waals surface area (Å²) in [7, 11) is -1.22. The second-order valence-electron chi connectivity index (χ2n) is 4.44. The number of carbonyl (C=O) groups is 1. The van der Waals surface area contributed by atoms with Crippen molar-refractivity contribution in [2.45, 2.75) is 26.9 Å². The van der Waals surface area contributed by atoms with Crippen LogP contribution in [0.2, 0.25) is 0 Å². The van der Waals surface area contributed by atoms with E-state index in [9.17, 15) is 14.1 Å². The highest BCUT2D eigenvalue weighted by Crippen LogP contribution is 2.28. The quantitative estimate of drug-likeness (QED) is 0.832. The van der Waals surface area contributed by atoms with E-state index >= 15 is 0 Å². The fourth-order valence-corrected chi connectivity index (χ4v) is 2.21. The molecule has 4 nitrogen and oxygen atoms in total. The number of phenols is 1. The predicted octanol–water partition coefficient (Wildman–Crippen LogP) is 2.05. The van der Waals surface area contributed by atoms with Gasteiger partial charge in [-0.25, -0.2) is 0 Å². The van der Waals surface area contributed by atoms with Gasteiger partial charge in [-0.3, -0.25) is 9.00 Å². The molecule has 1 aromatic rings. The Morgan fingerprint density at radius 2 is 2.06 bits per heavy atom. The number of rotatable bonds is 5. The number of aromatic hydroxyl groups is 1. The van der Waals surface area contributed by atoms with Crippen molar-refractivity contribution in [3.8, 4) is 11.5 Å². The van der Waals surface area contributed by atoms with E-state index in [0.29, 0.717) is 11.3 Å². The lowest BCUT2D eigenvalue weighted by Crippen LogP contribution is -2.12. The summed E-state index contributed by atoms with van der Waals surface area (Å²) in [6.45, 7) is 5.48. The SMILES string of the molecule is Cc1cc(OC(C)C)cc(O)c1C(=O)CS(C)=O. The minimum absolute atomic E-state index is 0.00602. The molecule has 1 aromatic carbocycles. The van der Waals surface area contributed by atoms with Crippen LogP contribution in [0.25, 0.3) is 0 Å². The summed E-state index contributed by atoms with van der Waals surface area (Å²) in [6.07, 6.45) is 1.45. The van der Waals surface area contributed by atoms with Crippen LogP contribution >= 0.6 is 0 Å². The highest BCUT2D eigenvalue weighted by molar-refractivity contribution is 7.85. The first-order valence-electron chi connectivity index (χ1n) is 5.64. The van der Waals surface area contributed by atoms with Crippen molar-refractivity contribution in [2.75, 3.05) is 12.0 Å². The van der Waals surface area contributed by atoms with Crippen LogP contribution in [0.1, 0.15) is 29.8 Å². The van der Waals surface area contributed by atoms with Gasteiger partial charge in [-0.1, -0.05) is 0 Å². The summed E-state index contributed by atoms with van der Waals surface area (Å²) in [5, 5.41) is 9.87. The molecule has 0 aromatic heterocycles. The Bertz CT molecular complexity index is 457. The highest BCUT2D eigenvalue weighted by Gasteiger charge is 2.17. The molecule has 0 aliphatic carbocycles. The van der Waals surface area contributed by atoms with Crippen LogP contribution in [-0.4, -0.2) is 33.2 Å². The summed E-state index contributed by atoms with van der Waals surface area (Å²) < 4.78 is 16.5. The van der Waals surface area contributed by atoms with Gasteiger partial charge in [0, 0.05) is 23.1 Å². The first kappa shape index (κ1) is 14.7. The van der Waals surface area contributed by atoms with Gasteiger partial charge in [-0.05, 0) is 32.4 Å². The number of ketones is 1. The maximum atomic E-state index is 11.8. The van der Waals surface area contributed by atoms with Gasteiger partial charge in [-0.15, -0.1) is 0 Å². The van der Waals surface area contributed by atoms with Gasteiger partial charge in [0.1, 0.15) is 11.5 Å². The lowest BCUT2D eigenvalue weighted by molar-refractivity contribution is 0.101. The molecule has 0 saturated heterocycles. The number of Topliss-reactive ketones (excluding diaryl/α,β-unsaturated/α-hetero) is 1. The average molecular weight is 270 g/mol. The van der Waals surface area contributed by atoms with Crippen LogP contribution in [-0.2, 0) is 10.8 Å². The number of hydrogen-bond acceptors (Lipinski definition) is 4. The number of phenolic OH excluding ortho intramolecular Hbond substituents is 1. The number of benzene rings is 1. The van der Waals surface area contributed by atoms with Crippen molar-refractivity contribution < 1.29 is 18.8 Å². The Kier molecular flexibility index (Phi) is 4.90. The third-order valence-corrected chi connectivity index (χ3v) is 2.94. The highest BCUT2D eigenvalue weighted by atomic mass is 32.2. The molecular weight excluding hydrogens is 252 g/mol. The third kappa shape index (κ3) is 3.84. The first-order valence-corrected chi connectivity index (χ1v) is 7.37. The van der Waals surface area contributed by atoms with E-state index in [-0.39, 0.29) is 29.0 Å². The number of aryl methyl sites for hydroxylation is 1. The molecule has 0 saturated carbocycles. The zero-order valence-corrected chi connectivity index (χ0v) is 11.8. The van der Waals surface area contributed by atoms with Gasteiger partial charge in [0.25, 0.3) is 0 Å². The third-order valence-electron chi connectivity index (χ3n) is 2.27. The molecule has 0 aliphatic heterocycles. The van der Waals surface area contributed by atoms with E-state index in [0.717, 1.165) is 0 Å². The second-order valence-corrected chi connectivity index (χ2v) is 5.88. The van der Waals surface area contributed by atoms with Gasteiger partial charge in [-0.2, -0.15) is 0 Å². The molecule has 0 spiro atoms. The Morgan fingerprint density at radius 3 is 2.50 bits per heavy atom. The van der Waals surface area contributed by atoms with E-state index in [1.807, 2.05) is 13.8 Å². The van der Waals surface area contributed by atoms with Gasteiger partial charge >= 0.3 is 0 Å². The zero-order valence-electron chi connectivity index (χ0n) is 11.0. The van der Waals surface area contributed by atoms with Crippen LogP contribution < -0.4 is 4.74 Å². The largest absolute Gasteiger partial charge is 0.507 e. The maximum Gasteiger partial charge on any atom is 0.179 e. The van der Waals surface area contributed by atoms with Crippen LogP contribution in [0.5, 0.6) is 11.5 Å². The van der Waals surface area contributed by atoms with Gasteiger partial charge in [0.05, 0.1) is 17.4 Å². The molecule has 100 valence electrons. The molecule has 0 radical (unpaired) electrons. The molecule has 18 heavy (non-hydrogen) atoms. The van der Waals surface area contributed by atoms with Gasteiger partial charge in [0.2, 0.25) is 0 Å². The zero-order chi connectivity index (χ0) is 13.9. The van der Waals surface area contributed by atoms with E-state index in [4.69, 9.17) is 4.74 Å². The summed E-state index contributed by atoms with van der Waals surface area (Å²) in [6, 6.07) is 3.12. The number of ether oxygens (including phenoxy) is 1. The molecule has 1 atom stereocenters.